The van der Waals surface area contributed by atoms with Crippen molar-refractivity contribution in [1.82, 2.24) is 0 Å². The number of rotatable bonds is 5. The van der Waals surface area contributed by atoms with Gasteiger partial charge in [0.1, 0.15) is 6.61 Å². The monoisotopic (exact) mass is 271 g/mol. The van der Waals surface area contributed by atoms with E-state index in [4.69, 9.17) is 4.74 Å². The van der Waals surface area contributed by atoms with Gasteiger partial charge in [-0.2, -0.15) is 0 Å². The molecule has 0 unspecified atom stereocenters. The molecule has 1 saturated carbocycles. The molecule has 1 amide bonds. The molecule has 1 aromatic carbocycles. The third kappa shape index (κ3) is 4.13. The Kier molecular flexibility index (Phi) is 4.78. The molecule has 1 fully saturated rings. The summed E-state index contributed by atoms with van der Waals surface area (Å²) in [5, 5.41) is 2.82. The van der Waals surface area contributed by atoms with E-state index in [9.17, 15) is 9.59 Å². The zero-order valence-corrected chi connectivity index (χ0v) is 11.4. The number of carbonyl (C=O) groups is 2. The van der Waals surface area contributed by atoms with E-state index >= 15 is 0 Å². The van der Waals surface area contributed by atoms with E-state index < -0.39 is 0 Å². The van der Waals surface area contributed by atoms with E-state index in [0.717, 1.165) is 12.8 Å². The number of benzene rings is 1. The number of esters is 1. The minimum Gasteiger partial charge on any atom is -0.461 e. The Morgan fingerprint density at radius 2 is 2.00 bits per heavy atom. The topological polar surface area (TPSA) is 55.4 Å². The lowest BCUT2D eigenvalue weighted by atomic mass is 10.2. The van der Waals surface area contributed by atoms with Crippen molar-refractivity contribution >= 4 is 17.6 Å². The van der Waals surface area contributed by atoms with Crippen LogP contribution in [0.15, 0.2) is 24.3 Å². The van der Waals surface area contributed by atoms with Crippen molar-refractivity contribution in [1.29, 1.82) is 0 Å². The average Bonchev–Trinajstić information content (AvgIpc) is 3.29. The van der Waals surface area contributed by atoms with Crippen LogP contribution in [0.5, 0.6) is 0 Å². The van der Waals surface area contributed by atoms with Gasteiger partial charge < -0.3 is 10.1 Å². The van der Waals surface area contributed by atoms with Crippen molar-refractivity contribution in [3.63, 3.8) is 0 Å². The molecule has 0 atom stereocenters. The van der Waals surface area contributed by atoms with Crippen LogP contribution < -0.4 is 5.32 Å². The summed E-state index contributed by atoms with van der Waals surface area (Å²) in [4.78, 5) is 23.3. The van der Waals surface area contributed by atoms with Crippen LogP contribution in [0.4, 0.5) is 5.69 Å². The molecule has 0 saturated heterocycles. The standard InChI is InChI=1S/C16H17NO3/c1-2-3-4-11-20-16(19)13-7-9-14(10-8-13)17-15(18)12-5-6-12/h7-10,12H,4-6,11H2,1H3,(H,17,18). The maximum atomic E-state index is 11.7. The molecule has 0 spiro atoms. The zero-order valence-electron chi connectivity index (χ0n) is 11.4. The molecular formula is C16H17NO3. The number of anilines is 1. The van der Waals surface area contributed by atoms with Crippen LogP contribution >= 0.6 is 0 Å². The van der Waals surface area contributed by atoms with E-state index in [1.54, 1.807) is 31.2 Å². The highest BCUT2D eigenvalue weighted by molar-refractivity contribution is 5.95. The molecule has 20 heavy (non-hydrogen) atoms. The van der Waals surface area contributed by atoms with Crippen molar-refractivity contribution in [2.75, 3.05) is 11.9 Å². The van der Waals surface area contributed by atoms with Gasteiger partial charge in [-0.15, -0.1) is 11.8 Å². The normalized spacial score (nSPS) is 13.1. The molecule has 4 heteroatoms. The van der Waals surface area contributed by atoms with Gasteiger partial charge in [0.2, 0.25) is 5.91 Å². The van der Waals surface area contributed by atoms with Gasteiger partial charge in [-0.3, -0.25) is 4.79 Å². The van der Waals surface area contributed by atoms with E-state index in [1.807, 2.05) is 0 Å². The molecule has 2 rings (SSSR count). The predicted octanol–water partition coefficient (Wildman–Crippen LogP) is 2.61. The molecular weight excluding hydrogens is 254 g/mol. The van der Waals surface area contributed by atoms with Crippen molar-refractivity contribution in [3.05, 3.63) is 29.8 Å². The molecule has 0 heterocycles. The van der Waals surface area contributed by atoms with E-state index in [2.05, 4.69) is 17.2 Å². The summed E-state index contributed by atoms with van der Waals surface area (Å²) in [6.07, 6.45) is 2.48. The quantitative estimate of drug-likeness (QED) is 0.509. The Morgan fingerprint density at radius 1 is 1.30 bits per heavy atom. The lowest BCUT2D eigenvalue weighted by Crippen LogP contribution is -2.13. The second kappa shape index (κ2) is 6.76. The minimum atomic E-state index is -0.372. The summed E-state index contributed by atoms with van der Waals surface area (Å²) in [5.41, 5.74) is 1.18. The van der Waals surface area contributed by atoms with Crippen molar-refractivity contribution in [2.24, 2.45) is 5.92 Å². The fourth-order valence-electron chi connectivity index (χ4n) is 1.68. The van der Waals surface area contributed by atoms with Crippen LogP contribution in [-0.2, 0) is 9.53 Å². The molecule has 104 valence electrons. The Morgan fingerprint density at radius 3 is 2.60 bits per heavy atom. The first-order chi connectivity index (χ1) is 9.70. The third-order valence-electron chi connectivity index (χ3n) is 2.97. The first-order valence-electron chi connectivity index (χ1n) is 6.68. The Bertz CT molecular complexity index is 547. The second-order valence-electron chi connectivity index (χ2n) is 4.65. The summed E-state index contributed by atoms with van der Waals surface area (Å²) in [5.74, 6) is 5.41. The summed E-state index contributed by atoms with van der Waals surface area (Å²) >= 11 is 0. The first-order valence-corrected chi connectivity index (χ1v) is 6.68. The van der Waals surface area contributed by atoms with Gasteiger partial charge in [-0.1, -0.05) is 0 Å². The minimum absolute atomic E-state index is 0.0541. The molecule has 4 nitrogen and oxygen atoms in total. The van der Waals surface area contributed by atoms with Crippen molar-refractivity contribution in [2.45, 2.75) is 26.2 Å². The maximum absolute atomic E-state index is 11.7. The number of carbonyl (C=O) groups excluding carboxylic acids is 2. The highest BCUT2D eigenvalue weighted by Crippen LogP contribution is 2.30. The Labute approximate surface area is 118 Å². The number of hydrogen-bond donors (Lipinski definition) is 1. The van der Waals surface area contributed by atoms with Crippen molar-refractivity contribution in [3.8, 4) is 11.8 Å². The number of hydrogen-bond acceptors (Lipinski definition) is 3. The van der Waals surface area contributed by atoms with E-state index in [1.165, 1.54) is 0 Å². The summed E-state index contributed by atoms with van der Waals surface area (Å²) in [6, 6.07) is 6.72. The van der Waals surface area contributed by atoms with Crippen LogP contribution in [0, 0.1) is 17.8 Å². The summed E-state index contributed by atoms with van der Waals surface area (Å²) in [7, 11) is 0. The van der Waals surface area contributed by atoms with Gasteiger partial charge in [0.15, 0.2) is 0 Å². The third-order valence-corrected chi connectivity index (χ3v) is 2.97. The van der Waals surface area contributed by atoms with E-state index in [-0.39, 0.29) is 17.8 Å². The number of nitrogens with one attached hydrogen (secondary N) is 1. The number of amides is 1. The molecule has 0 radical (unpaired) electrons. The highest BCUT2D eigenvalue weighted by Gasteiger charge is 2.29. The molecule has 1 aliphatic carbocycles. The van der Waals surface area contributed by atoms with Gasteiger partial charge >= 0.3 is 5.97 Å². The smallest absolute Gasteiger partial charge is 0.338 e. The largest absolute Gasteiger partial charge is 0.461 e. The lowest BCUT2D eigenvalue weighted by Gasteiger charge is -2.06. The van der Waals surface area contributed by atoms with Crippen LogP contribution in [0.2, 0.25) is 0 Å². The lowest BCUT2D eigenvalue weighted by molar-refractivity contribution is -0.117. The van der Waals surface area contributed by atoms with Gasteiger partial charge in [0, 0.05) is 18.0 Å². The number of ether oxygens (including phenoxy) is 1. The second-order valence-corrected chi connectivity index (χ2v) is 4.65. The molecule has 0 bridgehead atoms. The summed E-state index contributed by atoms with van der Waals surface area (Å²) < 4.78 is 5.07. The zero-order chi connectivity index (χ0) is 14.4. The highest BCUT2D eigenvalue weighted by atomic mass is 16.5. The Balaban J connectivity index is 1.84. The van der Waals surface area contributed by atoms with Crippen LogP contribution in [-0.4, -0.2) is 18.5 Å². The van der Waals surface area contributed by atoms with Gasteiger partial charge in [0.05, 0.1) is 5.56 Å². The molecule has 0 aromatic heterocycles. The summed E-state index contributed by atoms with van der Waals surface area (Å²) in [6.45, 7) is 2.04. The SMILES string of the molecule is CC#CCCOC(=O)c1ccc(NC(=O)C2CC2)cc1. The predicted molar refractivity (Wildman–Crippen MR) is 76.1 cm³/mol. The first kappa shape index (κ1) is 14.1. The van der Waals surface area contributed by atoms with Crippen molar-refractivity contribution < 1.29 is 14.3 Å². The van der Waals surface area contributed by atoms with Gasteiger partial charge in [-0.25, -0.2) is 4.79 Å². The molecule has 1 aliphatic rings. The van der Waals surface area contributed by atoms with E-state index in [0.29, 0.717) is 24.3 Å². The average molecular weight is 271 g/mol. The fraction of sp³-hybridized carbons (Fsp3) is 0.375. The van der Waals surface area contributed by atoms with Crippen LogP contribution in [0.25, 0.3) is 0 Å². The van der Waals surface area contributed by atoms with Crippen LogP contribution in [0.3, 0.4) is 0 Å². The molecule has 1 N–H and O–H groups in total. The van der Waals surface area contributed by atoms with Gasteiger partial charge in [0.25, 0.3) is 0 Å². The Hall–Kier alpha value is -2.28. The van der Waals surface area contributed by atoms with Crippen LogP contribution in [0.1, 0.15) is 36.5 Å². The molecule has 1 aromatic rings. The fourth-order valence-corrected chi connectivity index (χ4v) is 1.68. The maximum Gasteiger partial charge on any atom is 0.338 e. The molecule has 0 aliphatic heterocycles. The van der Waals surface area contributed by atoms with Gasteiger partial charge in [-0.05, 0) is 44.0 Å².